The van der Waals surface area contributed by atoms with Crippen molar-refractivity contribution in [3.63, 3.8) is 0 Å². The molecule has 0 spiro atoms. The van der Waals surface area contributed by atoms with Crippen LogP contribution >= 0.6 is 0 Å². The molecule has 1 aliphatic rings. The smallest absolute Gasteiger partial charge is 0.200 e. The highest BCUT2D eigenvalue weighted by Crippen LogP contribution is 2.21. The summed E-state index contributed by atoms with van der Waals surface area (Å²) >= 11 is 0. The number of hydrogen-bond acceptors (Lipinski definition) is 5. The molecule has 0 atom stereocenters. The Balaban J connectivity index is 0.000000150. The van der Waals surface area contributed by atoms with E-state index in [9.17, 15) is 4.79 Å². The van der Waals surface area contributed by atoms with E-state index in [-0.39, 0.29) is 12.0 Å². The molecule has 0 saturated carbocycles. The Labute approximate surface area is 162 Å². The van der Waals surface area contributed by atoms with Crippen LogP contribution in [-0.2, 0) is 6.42 Å². The summed E-state index contributed by atoms with van der Waals surface area (Å²) in [5.41, 5.74) is 2.39. The average molecular weight is 375 g/mol. The monoisotopic (exact) mass is 375 g/mol. The summed E-state index contributed by atoms with van der Waals surface area (Å²) in [7, 11) is 0. The summed E-state index contributed by atoms with van der Waals surface area (Å²) < 4.78 is 10.8. The SMILES string of the molecule is C1=COc2ccccc2C1.CCO.O=c1c2ccccc2oc2cnccc12. The molecule has 0 aliphatic carbocycles. The van der Waals surface area contributed by atoms with E-state index < -0.39 is 0 Å². The molecular formula is C23H21NO4. The van der Waals surface area contributed by atoms with Gasteiger partial charge in [0, 0.05) is 12.8 Å². The van der Waals surface area contributed by atoms with Gasteiger partial charge in [0.15, 0.2) is 5.58 Å². The van der Waals surface area contributed by atoms with Crippen LogP contribution in [0.4, 0.5) is 0 Å². The molecule has 5 heteroatoms. The Kier molecular flexibility index (Phi) is 6.54. The molecule has 5 nitrogen and oxygen atoms in total. The van der Waals surface area contributed by atoms with E-state index in [1.54, 1.807) is 43.8 Å². The highest BCUT2D eigenvalue weighted by Gasteiger charge is 2.05. The number of nitrogens with zero attached hydrogens (tertiary/aromatic N) is 1. The first-order valence-electron chi connectivity index (χ1n) is 9.00. The number of fused-ring (bicyclic) bond motifs is 3. The predicted octanol–water partition coefficient (Wildman–Crippen LogP) is 4.48. The van der Waals surface area contributed by atoms with Gasteiger partial charge in [-0.3, -0.25) is 9.78 Å². The number of aliphatic hydroxyl groups excluding tert-OH is 1. The molecular weight excluding hydrogens is 354 g/mol. The molecule has 0 amide bonds. The lowest BCUT2D eigenvalue weighted by Gasteiger charge is -2.09. The topological polar surface area (TPSA) is 72.6 Å². The van der Waals surface area contributed by atoms with Crippen LogP contribution in [0.25, 0.3) is 21.9 Å². The van der Waals surface area contributed by atoms with Crippen molar-refractivity contribution in [1.82, 2.24) is 4.98 Å². The van der Waals surface area contributed by atoms with Crippen LogP contribution < -0.4 is 10.2 Å². The van der Waals surface area contributed by atoms with Gasteiger partial charge in [-0.15, -0.1) is 0 Å². The van der Waals surface area contributed by atoms with Crippen LogP contribution in [0, 0.1) is 0 Å². The molecule has 0 unspecified atom stereocenters. The molecule has 1 aliphatic heterocycles. The molecule has 0 bridgehead atoms. The van der Waals surface area contributed by atoms with Crippen molar-refractivity contribution in [3.05, 3.63) is 95.1 Å². The number of rotatable bonds is 0. The van der Waals surface area contributed by atoms with Crippen LogP contribution in [0.15, 0.2) is 88.5 Å². The minimum Gasteiger partial charge on any atom is -0.465 e. The lowest BCUT2D eigenvalue weighted by atomic mass is 10.1. The van der Waals surface area contributed by atoms with Gasteiger partial charge in [-0.25, -0.2) is 0 Å². The first kappa shape index (κ1) is 19.3. The molecule has 2 aromatic heterocycles. The van der Waals surface area contributed by atoms with Crippen molar-refractivity contribution in [2.75, 3.05) is 6.61 Å². The van der Waals surface area contributed by atoms with Crippen molar-refractivity contribution in [1.29, 1.82) is 0 Å². The Hall–Kier alpha value is -3.44. The molecule has 2 aromatic carbocycles. The predicted molar refractivity (Wildman–Crippen MR) is 110 cm³/mol. The Morgan fingerprint density at radius 2 is 1.71 bits per heavy atom. The van der Waals surface area contributed by atoms with E-state index in [2.05, 4.69) is 11.1 Å². The van der Waals surface area contributed by atoms with Gasteiger partial charge in [-0.1, -0.05) is 30.3 Å². The maximum absolute atomic E-state index is 12.0. The van der Waals surface area contributed by atoms with Crippen LogP contribution in [0.2, 0.25) is 0 Å². The maximum Gasteiger partial charge on any atom is 0.200 e. The number of pyridine rings is 1. The summed E-state index contributed by atoms with van der Waals surface area (Å²) in [4.78, 5) is 15.9. The van der Waals surface area contributed by atoms with Gasteiger partial charge < -0.3 is 14.3 Å². The number of allylic oxidation sites excluding steroid dienone is 1. The zero-order valence-corrected chi connectivity index (χ0v) is 15.5. The van der Waals surface area contributed by atoms with Crippen LogP contribution in [0.5, 0.6) is 5.75 Å². The van der Waals surface area contributed by atoms with Crippen molar-refractivity contribution in [2.24, 2.45) is 0 Å². The lowest BCUT2D eigenvalue weighted by molar-refractivity contribution is 0.318. The summed E-state index contributed by atoms with van der Waals surface area (Å²) in [6.07, 6.45) is 7.90. The molecule has 142 valence electrons. The van der Waals surface area contributed by atoms with Gasteiger partial charge in [-0.2, -0.15) is 0 Å². The maximum atomic E-state index is 12.0. The van der Waals surface area contributed by atoms with Gasteiger partial charge in [-0.05, 0) is 49.2 Å². The molecule has 0 radical (unpaired) electrons. The first-order chi connectivity index (χ1) is 13.7. The molecule has 0 fully saturated rings. The Morgan fingerprint density at radius 3 is 2.54 bits per heavy atom. The molecule has 4 aromatic rings. The van der Waals surface area contributed by atoms with Crippen molar-refractivity contribution in [2.45, 2.75) is 13.3 Å². The second-order valence-corrected chi connectivity index (χ2v) is 5.92. The lowest BCUT2D eigenvalue weighted by Crippen LogP contribution is -2.01. The van der Waals surface area contributed by atoms with Gasteiger partial charge in [0.2, 0.25) is 5.43 Å². The Morgan fingerprint density at radius 1 is 1.00 bits per heavy atom. The van der Waals surface area contributed by atoms with E-state index in [1.165, 1.54) is 5.56 Å². The number of aliphatic hydroxyl groups is 1. The van der Waals surface area contributed by atoms with Crippen LogP contribution in [-0.4, -0.2) is 16.7 Å². The zero-order valence-electron chi connectivity index (χ0n) is 15.5. The minimum atomic E-state index is -0.00532. The highest BCUT2D eigenvalue weighted by molar-refractivity contribution is 5.88. The normalized spacial score (nSPS) is 11.5. The number of hydrogen-bond donors (Lipinski definition) is 1. The number of aromatic nitrogens is 1. The fourth-order valence-electron chi connectivity index (χ4n) is 2.74. The number of benzene rings is 2. The van der Waals surface area contributed by atoms with Gasteiger partial charge in [0.1, 0.15) is 11.3 Å². The third-order valence-corrected chi connectivity index (χ3v) is 3.98. The molecule has 5 rings (SSSR count). The summed E-state index contributed by atoms with van der Waals surface area (Å²) in [5, 5.41) is 8.75. The minimum absolute atomic E-state index is 0.00532. The molecule has 28 heavy (non-hydrogen) atoms. The third-order valence-electron chi connectivity index (χ3n) is 3.98. The van der Waals surface area contributed by atoms with E-state index in [1.807, 2.05) is 36.4 Å². The average Bonchev–Trinajstić information content (AvgIpc) is 2.75. The molecule has 1 N–H and O–H groups in total. The standard InChI is InChI=1S/C12H7NO2.C9H8O.C2H6O/c14-12-8-3-1-2-4-10(8)15-11-7-13-6-5-9(11)12;1-2-6-9-8(4-1)5-3-7-10-9;1-2-3/h1-7H;1-4,6-7H,5H2;3H,2H2,1H3. The van der Waals surface area contributed by atoms with Crippen molar-refractivity contribution >= 4 is 21.9 Å². The van der Waals surface area contributed by atoms with E-state index in [0.717, 1.165) is 12.2 Å². The van der Waals surface area contributed by atoms with Gasteiger partial charge >= 0.3 is 0 Å². The summed E-state index contributed by atoms with van der Waals surface area (Å²) in [6, 6.07) is 17.0. The molecule has 0 saturated heterocycles. The third kappa shape index (κ3) is 4.45. The van der Waals surface area contributed by atoms with Gasteiger partial charge in [0.05, 0.1) is 23.2 Å². The zero-order chi connectivity index (χ0) is 19.8. The largest absolute Gasteiger partial charge is 0.465 e. The fourth-order valence-corrected chi connectivity index (χ4v) is 2.74. The van der Waals surface area contributed by atoms with E-state index in [0.29, 0.717) is 21.9 Å². The van der Waals surface area contributed by atoms with Crippen LogP contribution in [0.3, 0.4) is 0 Å². The second-order valence-electron chi connectivity index (χ2n) is 5.92. The Bertz CT molecular complexity index is 1060. The van der Waals surface area contributed by atoms with Crippen LogP contribution in [0.1, 0.15) is 12.5 Å². The van der Waals surface area contributed by atoms with Crippen molar-refractivity contribution < 1.29 is 14.3 Å². The first-order valence-corrected chi connectivity index (χ1v) is 9.00. The van der Waals surface area contributed by atoms with Crippen molar-refractivity contribution in [3.8, 4) is 5.75 Å². The van der Waals surface area contributed by atoms with E-state index in [4.69, 9.17) is 14.3 Å². The van der Waals surface area contributed by atoms with E-state index >= 15 is 0 Å². The molecule has 3 heterocycles. The second kappa shape index (κ2) is 9.48. The quantitative estimate of drug-likeness (QED) is 0.459. The van der Waals surface area contributed by atoms with Gasteiger partial charge in [0.25, 0.3) is 0 Å². The number of ether oxygens (including phenoxy) is 1. The number of para-hydroxylation sites is 2. The summed E-state index contributed by atoms with van der Waals surface area (Å²) in [6.45, 7) is 1.93. The highest BCUT2D eigenvalue weighted by atomic mass is 16.5. The summed E-state index contributed by atoms with van der Waals surface area (Å²) in [5.74, 6) is 0.991. The fraction of sp³-hybridized carbons (Fsp3) is 0.130.